The average Bonchev–Trinajstić information content (AvgIpc) is 1.95. The number of amides is 1. The summed E-state index contributed by atoms with van der Waals surface area (Å²) >= 11 is 0. The van der Waals surface area contributed by atoms with E-state index in [1.54, 1.807) is 0 Å². The number of hydrogen-bond acceptors (Lipinski definition) is 4. The lowest BCUT2D eigenvalue weighted by Gasteiger charge is -2.00. The van der Waals surface area contributed by atoms with Crippen molar-refractivity contribution in [2.75, 3.05) is 11.1 Å². The molecule has 1 rings (SSSR count). The largest absolute Gasteiger partial charge is 0.504 e. The first-order chi connectivity index (χ1) is 5.24. The Morgan fingerprint density at radius 3 is 3.00 bits per heavy atom. The van der Waals surface area contributed by atoms with Crippen LogP contribution in [0.5, 0.6) is 5.75 Å². The molecule has 5 nitrogen and oxygen atoms in total. The van der Waals surface area contributed by atoms with Gasteiger partial charge in [-0.1, -0.05) is 0 Å². The second-order valence-corrected chi connectivity index (χ2v) is 1.90. The summed E-state index contributed by atoms with van der Waals surface area (Å²) in [6.45, 7) is 0. The minimum absolute atomic E-state index is 0.106. The fraction of sp³-hybridized carbons (Fsp3) is 0. The zero-order valence-corrected chi connectivity index (χ0v) is 5.61. The van der Waals surface area contributed by atoms with Gasteiger partial charge < -0.3 is 16.2 Å². The van der Waals surface area contributed by atoms with Crippen LogP contribution in [0.2, 0.25) is 0 Å². The third-order valence-corrected chi connectivity index (χ3v) is 1.08. The highest BCUT2D eigenvalue weighted by atomic mass is 16.3. The van der Waals surface area contributed by atoms with Gasteiger partial charge in [-0.05, 0) is 0 Å². The summed E-state index contributed by atoms with van der Waals surface area (Å²) in [7, 11) is 0. The number of nitrogen functional groups attached to an aromatic ring is 1. The Bertz CT molecular complexity index is 275. The minimum atomic E-state index is -0.142. The number of carbonyl (C=O) groups is 1. The molecule has 0 fully saturated rings. The average molecular weight is 153 g/mol. The number of hydrogen-bond donors (Lipinski definition) is 3. The summed E-state index contributed by atoms with van der Waals surface area (Å²) in [4.78, 5) is 13.6. The Kier molecular flexibility index (Phi) is 1.91. The monoisotopic (exact) mass is 153 g/mol. The van der Waals surface area contributed by atoms with Crippen molar-refractivity contribution in [3.05, 3.63) is 12.3 Å². The maximum atomic E-state index is 9.92. The van der Waals surface area contributed by atoms with Crippen molar-refractivity contribution in [2.24, 2.45) is 0 Å². The maximum absolute atomic E-state index is 9.92. The lowest BCUT2D eigenvalue weighted by Crippen LogP contribution is -1.97. The predicted octanol–water partition coefficient (Wildman–Crippen LogP) is -0.0623. The molecule has 0 atom stereocenters. The molecule has 0 unspecified atom stereocenters. The van der Waals surface area contributed by atoms with Crippen LogP contribution in [-0.4, -0.2) is 16.5 Å². The first kappa shape index (κ1) is 7.33. The van der Waals surface area contributed by atoms with Gasteiger partial charge in [-0.15, -0.1) is 0 Å². The van der Waals surface area contributed by atoms with Crippen molar-refractivity contribution in [1.29, 1.82) is 0 Å². The fourth-order valence-corrected chi connectivity index (χ4v) is 0.636. The lowest BCUT2D eigenvalue weighted by atomic mass is 10.4. The van der Waals surface area contributed by atoms with Crippen LogP contribution < -0.4 is 11.1 Å². The molecule has 4 N–H and O–H groups in total. The number of aromatic nitrogens is 1. The molecule has 0 aliphatic carbocycles. The molecule has 0 spiro atoms. The first-order valence-electron chi connectivity index (χ1n) is 2.88. The van der Waals surface area contributed by atoms with E-state index in [0.29, 0.717) is 12.1 Å². The van der Waals surface area contributed by atoms with Crippen LogP contribution in [0, 0.1) is 0 Å². The van der Waals surface area contributed by atoms with E-state index >= 15 is 0 Å². The lowest BCUT2D eigenvalue weighted by molar-refractivity contribution is -0.105. The summed E-state index contributed by atoms with van der Waals surface area (Å²) in [5.41, 5.74) is 5.63. The van der Waals surface area contributed by atoms with Crippen LogP contribution in [0.15, 0.2) is 12.3 Å². The van der Waals surface area contributed by atoms with Crippen LogP contribution in [0.25, 0.3) is 0 Å². The van der Waals surface area contributed by atoms with Crippen LogP contribution in [0.3, 0.4) is 0 Å². The number of nitrogens with zero attached hydrogens (tertiary/aromatic N) is 1. The Morgan fingerprint density at radius 2 is 2.45 bits per heavy atom. The number of nitrogens with two attached hydrogens (primary N) is 1. The molecule has 58 valence electrons. The number of aromatic hydroxyl groups is 1. The topological polar surface area (TPSA) is 88.2 Å². The quantitative estimate of drug-likeness (QED) is 0.519. The van der Waals surface area contributed by atoms with Crippen molar-refractivity contribution in [1.82, 2.24) is 4.98 Å². The summed E-state index contributed by atoms with van der Waals surface area (Å²) in [6, 6.07) is 1.30. The van der Waals surface area contributed by atoms with Gasteiger partial charge >= 0.3 is 0 Å². The second-order valence-electron chi connectivity index (χ2n) is 1.90. The Morgan fingerprint density at radius 1 is 1.73 bits per heavy atom. The highest BCUT2D eigenvalue weighted by Gasteiger charge is 1.99. The Balaban J connectivity index is 2.98. The van der Waals surface area contributed by atoms with E-state index in [2.05, 4.69) is 10.3 Å². The Labute approximate surface area is 62.9 Å². The maximum Gasteiger partial charge on any atom is 0.212 e. The van der Waals surface area contributed by atoms with E-state index in [1.165, 1.54) is 12.3 Å². The normalized spacial score (nSPS) is 9.09. The molecule has 0 bridgehead atoms. The summed E-state index contributed by atoms with van der Waals surface area (Å²) in [5.74, 6) is -0.0358. The molecule has 1 aromatic rings. The molecule has 5 heteroatoms. The summed E-state index contributed by atoms with van der Waals surface area (Å²) in [6.07, 6.45) is 1.77. The van der Waals surface area contributed by atoms with Crippen LogP contribution >= 0.6 is 0 Å². The predicted molar refractivity (Wildman–Crippen MR) is 40.0 cm³/mol. The van der Waals surface area contributed by atoms with E-state index in [1.807, 2.05) is 0 Å². The van der Waals surface area contributed by atoms with Crippen molar-refractivity contribution >= 4 is 17.9 Å². The third kappa shape index (κ3) is 1.57. The van der Waals surface area contributed by atoms with Gasteiger partial charge in [-0.3, -0.25) is 4.79 Å². The summed E-state index contributed by atoms with van der Waals surface area (Å²) < 4.78 is 0. The van der Waals surface area contributed by atoms with E-state index in [9.17, 15) is 4.79 Å². The third-order valence-electron chi connectivity index (χ3n) is 1.08. The van der Waals surface area contributed by atoms with Gasteiger partial charge in [0.25, 0.3) is 0 Å². The van der Waals surface area contributed by atoms with Crippen LogP contribution in [0.4, 0.5) is 11.5 Å². The van der Waals surface area contributed by atoms with Gasteiger partial charge in [0, 0.05) is 6.07 Å². The minimum Gasteiger partial charge on any atom is -0.504 e. The number of pyridine rings is 1. The van der Waals surface area contributed by atoms with Crippen LogP contribution in [-0.2, 0) is 4.79 Å². The van der Waals surface area contributed by atoms with E-state index in [4.69, 9.17) is 10.8 Å². The molecule has 11 heavy (non-hydrogen) atoms. The summed E-state index contributed by atoms with van der Waals surface area (Å²) in [5, 5.41) is 11.3. The van der Waals surface area contributed by atoms with Crippen molar-refractivity contribution in [3.63, 3.8) is 0 Å². The van der Waals surface area contributed by atoms with Crippen molar-refractivity contribution < 1.29 is 9.90 Å². The van der Waals surface area contributed by atoms with Gasteiger partial charge in [-0.25, -0.2) is 4.98 Å². The zero-order valence-electron chi connectivity index (χ0n) is 5.61. The van der Waals surface area contributed by atoms with Gasteiger partial charge in [0.15, 0.2) is 11.6 Å². The fourth-order valence-electron chi connectivity index (χ4n) is 0.636. The molecular weight excluding hydrogens is 146 g/mol. The molecule has 1 heterocycles. The molecule has 0 saturated carbocycles. The molecule has 0 aliphatic rings. The molecular formula is C6H7N3O2. The molecule has 1 amide bonds. The van der Waals surface area contributed by atoms with Crippen LogP contribution in [0.1, 0.15) is 0 Å². The number of anilines is 2. The highest BCUT2D eigenvalue weighted by molar-refractivity contribution is 5.73. The standard InChI is InChI=1S/C6H7N3O2/c7-4-1-5(11)6(8-2-4)9-3-10/h1-3,11H,7H2,(H,8,9,10). The molecule has 1 aromatic heterocycles. The van der Waals surface area contributed by atoms with Crippen molar-refractivity contribution in [3.8, 4) is 5.75 Å². The van der Waals surface area contributed by atoms with Crippen molar-refractivity contribution in [2.45, 2.75) is 0 Å². The van der Waals surface area contributed by atoms with Gasteiger partial charge in [0.1, 0.15) is 0 Å². The number of carbonyl (C=O) groups excluding carboxylic acids is 1. The molecule has 0 aromatic carbocycles. The number of nitrogens with one attached hydrogen (secondary N) is 1. The van der Waals surface area contributed by atoms with E-state index in [0.717, 1.165) is 0 Å². The van der Waals surface area contributed by atoms with E-state index in [-0.39, 0.29) is 11.6 Å². The van der Waals surface area contributed by atoms with Gasteiger partial charge in [0.2, 0.25) is 6.41 Å². The Hall–Kier alpha value is -1.78. The first-order valence-corrected chi connectivity index (χ1v) is 2.88. The van der Waals surface area contributed by atoms with Gasteiger partial charge in [-0.2, -0.15) is 0 Å². The molecule has 0 radical (unpaired) electrons. The molecule has 0 saturated heterocycles. The highest BCUT2D eigenvalue weighted by Crippen LogP contribution is 2.20. The SMILES string of the molecule is Nc1cnc(NC=O)c(O)c1. The number of rotatable bonds is 2. The second kappa shape index (κ2) is 2.87. The smallest absolute Gasteiger partial charge is 0.212 e. The zero-order chi connectivity index (χ0) is 8.27. The van der Waals surface area contributed by atoms with E-state index < -0.39 is 0 Å². The van der Waals surface area contributed by atoms with Gasteiger partial charge in [0.05, 0.1) is 11.9 Å². The molecule has 0 aliphatic heterocycles.